The van der Waals surface area contributed by atoms with Crippen molar-refractivity contribution in [3.8, 4) is 0 Å². The van der Waals surface area contributed by atoms with Crippen LogP contribution in [0.15, 0.2) is 0 Å². The molecule has 2 aliphatic heterocycles. The summed E-state index contributed by atoms with van der Waals surface area (Å²) in [6, 6.07) is 0. The minimum absolute atomic E-state index is 0.0673. The molecule has 0 saturated carbocycles. The van der Waals surface area contributed by atoms with E-state index >= 15 is 0 Å². The van der Waals surface area contributed by atoms with Crippen molar-refractivity contribution in [2.75, 3.05) is 5.75 Å². The van der Waals surface area contributed by atoms with E-state index in [0.29, 0.717) is 6.42 Å². The van der Waals surface area contributed by atoms with E-state index < -0.39 is 61.4 Å². The van der Waals surface area contributed by atoms with E-state index in [-0.39, 0.29) is 5.75 Å². The summed E-state index contributed by atoms with van der Waals surface area (Å²) in [4.78, 5) is 0. The molecule has 6 N–H and O–H groups in total. The predicted octanol–water partition coefficient (Wildman–Crippen LogP) is -3.04. The fourth-order valence-electron chi connectivity index (χ4n) is 2.68. The molecule has 0 bridgehead atoms. The minimum atomic E-state index is -1.58. The lowest BCUT2D eigenvalue weighted by Gasteiger charge is -2.44. The Morgan fingerprint density at radius 3 is 1.61 bits per heavy atom. The van der Waals surface area contributed by atoms with Crippen LogP contribution in [0.2, 0.25) is 0 Å². The van der Waals surface area contributed by atoms with Crippen molar-refractivity contribution < 1.29 is 44.8 Å². The third-order valence-corrected chi connectivity index (χ3v) is 4.55. The SMILES string of the molecule is CCC1O[C@H](O[C@@H]2OC(CS)[C@@H](O)C(O)[C@@H]2O)C(O)C(O)[C@@H]1O. The zero-order valence-electron chi connectivity index (χ0n) is 12.5. The first kappa shape index (κ1) is 19.3. The zero-order chi connectivity index (χ0) is 17.3. The molecule has 0 aromatic rings. The Balaban J connectivity index is 2.07. The van der Waals surface area contributed by atoms with Crippen LogP contribution in [0.3, 0.4) is 0 Å². The summed E-state index contributed by atoms with van der Waals surface area (Å²) >= 11 is 3.99. The second-order valence-corrected chi connectivity index (χ2v) is 6.12. The van der Waals surface area contributed by atoms with Gasteiger partial charge in [-0.25, -0.2) is 0 Å². The van der Waals surface area contributed by atoms with Crippen LogP contribution in [-0.2, 0) is 14.2 Å². The number of rotatable bonds is 4. The van der Waals surface area contributed by atoms with E-state index in [1.165, 1.54) is 0 Å². The first-order valence-corrected chi connectivity index (χ1v) is 8.10. The van der Waals surface area contributed by atoms with Gasteiger partial charge in [0.25, 0.3) is 0 Å². The molecule has 10 atom stereocenters. The maximum absolute atomic E-state index is 9.95. The lowest BCUT2D eigenvalue weighted by Crippen LogP contribution is -2.63. The molecule has 0 aliphatic carbocycles. The highest BCUT2D eigenvalue weighted by Gasteiger charge is 2.49. The number of aliphatic hydroxyl groups is 6. The molecule has 2 saturated heterocycles. The highest BCUT2D eigenvalue weighted by molar-refractivity contribution is 7.80. The van der Waals surface area contributed by atoms with E-state index in [0.717, 1.165) is 0 Å². The van der Waals surface area contributed by atoms with Crippen molar-refractivity contribution >= 4 is 12.6 Å². The van der Waals surface area contributed by atoms with Gasteiger partial charge in [-0.3, -0.25) is 0 Å². The number of hydrogen-bond donors (Lipinski definition) is 7. The highest BCUT2D eigenvalue weighted by Crippen LogP contribution is 2.29. The molecule has 2 aliphatic rings. The molecule has 0 radical (unpaired) electrons. The lowest BCUT2D eigenvalue weighted by atomic mass is 9.97. The summed E-state index contributed by atoms with van der Waals surface area (Å²) in [5.74, 6) is 0.0673. The molecule has 2 fully saturated rings. The summed E-state index contributed by atoms with van der Waals surface area (Å²) < 4.78 is 16.0. The van der Waals surface area contributed by atoms with Crippen LogP contribution in [0.25, 0.3) is 0 Å². The average Bonchev–Trinajstić information content (AvgIpc) is 2.55. The molecule has 2 rings (SSSR count). The van der Waals surface area contributed by atoms with Gasteiger partial charge in [-0.05, 0) is 6.42 Å². The fraction of sp³-hybridized carbons (Fsp3) is 1.00. The third-order valence-electron chi connectivity index (χ3n) is 4.19. The number of ether oxygens (including phenoxy) is 3. The predicted molar refractivity (Wildman–Crippen MR) is 78.6 cm³/mol. The van der Waals surface area contributed by atoms with Crippen molar-refractivity contribution in [2.45, 2.75) is 74.8 Å². The summed E-state index contributed by atoms with van der Waals surface area (Å²) in [5.41, 5.74) is 0. The van der Waals surface area contributed by atoms with Gasteiger partial charge >= 0.3 is 0 Å². The van der Waals surface area contributed by atoms with Crippen molar-refractivity contribution in [1.29, 1.82) is 0 Å². The largest absolute Gasteiger partial charge is 0.388 e. The van der Waals surface area contributed by atoms with Gasteiger partial charge in [-0.2, -0.15) is 12.6 Å². The Morgan fingerprint density at radius 1 is 0.739 bits per heavy atom. The highest BCUT2D eigenvalue weighted by atomic mass is 32.1. The monoisotopic (exact) mass is 356 g/mol. The molecular formula is C13H24O9S. The van der Waals surface area contributed by atoms with E-state index in [1.807, 2.05) is 0 Å². The Labute approximate surface area is 138 Å². The Hall–Kier alpha value is -0.0100. The van der Waals surface area contributed by atoms with Crippen LogP contribution in [0.4, 0.5) is 0 Å². The first-order chi connectivity index (χ1) is 10.8. The standard InChI is InChI=1S/C13H24O9S/c1-2-4-6(14)8(16)10(18)12(20-4)22-13-11(19)9(17)7(15)5(3-23)21-13/h4-19,23H,2-3H2,1H3/t4?,5?,6-,7-,8?,9?,10?,11+,12-,13+/m1/s1. The average molecular weight is 356 g/mol. The van der Waals surface area contributed by atoms with Crippen LogP contribution in [0, 0.1) is 0 Å². The van der Waals surface area contributed by atoms with Crippen molar-refractivity contribution in [3.63, 3.8) is 0 Å². The van der Waals surface area contributed by atoms with E-state index in [1.54, 1.807) is 6.92 Å². The maximum atomic E-state index is 9.95. The molecule has 10 heteroatoms. The Morgan fingerprint density at radius 2 is 1.17 bits per heavy atom. The summed E-state index contributed by atoms with van der Waals surface area (Å²) in [5, 5.41) is 59.1. The Bertz CT molecular complexity index is 348. The van der Waals surface area contributed by atoms with E-state index in [2.05, 4.69) is 12.6 Å². The second kappa shape index (κ2) is 7.91. The lowest BCUT2D eigenvalue weighted by molar-refractivity contribution is -0.371. The maximum Gasteiger partial charge on any atom is 0.189 e. The molecule has 9 nitrogen and oxygen atoms in total. The van der Waals surface area contributed by atoms with E-state index in [9.17, 15) is 30.6 Å². The van der Waals surface area contributed by atoms with Gasteiger partial charge in [-0.15, -0.1) is 0 Å². The molecular weight excluding hydrogens is 332 g/mol. The van der Waals surface area contributed by atoms with Crippen LogP contribution < -0.4 is 0 Å². The van der Waals surface area contributed by atoms with Gasteiger partial charge in [0.1, 0.15) is 36.6 Å². The molecule has 0 spiro atoms. The van der Waals surface area contributed by atoms with Crippen molar-refractivity contribution in [1.82, 2.24) is 0 Å². The van der Waals surface area contributed by atoms with E-state index in [4.69, 9.17) is 14.2 Å². The molecule has 0 aromatic heterocycles. The topological polar surface area (TPSA) is 149 Å². The molecule has 136 valence electrons. The Kier molecular flexibility index (Phi) is 6.65. The van der Waals surface area contributed by atoms with Gasteiger partial charge in [0.15, 0.2) is 12.6 Å². The van der Waals surface area contributed by atoms with Gasteiger partial charge in [-0.1, -0.05) is 6.92 Å². The van der Waals surface area contributed by atoms with Crippen molar-refractivity contribution in [3.05, 3.63) is 0 Å². The zero-order valence-corrected chi connectivity index (χ0v) is 13.4. The van der Waals surface area contributed by atoms with Crippen molar-refractivity contribution in [2.24, 2.45) is 0 Å². The molecule has 23 heavy (non-hydrogen) atoms. The quantitative estimate of drug-likeness (QED) is 0.261. The third kappa shape index (κ3) is 3.82. The molecule has 0 aromatic carbocycles. The van der Waals surface area contributed by atoms with Gasteiger partial charge < -0.3 is 44.8 Å². The summed E-state index contributed by atoms with van der Waals surface area (Å²) in [7, 11) is 0. The van der Waals surface area contributed by atoms with Crippen LogP contribution in [-0.4, -0.2) is 97.8 Å². The number of aliphatic hydroxyl groups excluding tert-OH is 6. The number of hydrogen-bond acceptors (Lipinski definition) is 10. The van der Waals surface area contributed by atoms with Crippen LogP contribution >= 0.6 is 12.6 Å². The number of thiol groups is 1. The van der Waals surface area contributed by atoms with Gasteiger partial charge in [0.2, 0.25) is 0 Å². The fourth-order valence-corrected chi connectivity index (χ4v) is 2.98. The summed E-state index contributed by atoms with van der Waals surface area (Å²) in [6.45, 7) is 1.72. The molecule has 0 amide bonds. The van der Waals surface area contributed by atoms with Crippen LogP contribution in [0.5, 0.6) is 0 Å². The normalized spacial score (nSPS) is 51.7. The molecule has 5 unspecified atom stereocenters. The van der Waals surface area contributed by atoms with Gasteiger partial charge in [0, 0.05) is 5.75 Å². The van der Waals surface area contributed by atoms with Gasteiger partial charge in [0.05, 0.1) is 12.2 Å². The smallest absolute Gasteiger partial charge is 0.189 e. The second-order valence-electron chi connectivity index (χ2n) is 5.76. The first-order valence-electron chi connectivity index (χ1n) is 7.47. The summed E-state index contributed by atoms with van der Waals surface area (Å²) in [6.07, 6.45) is -12.8. The minimum Gasteiger partial charge on any atom is -0.388 e. The van der Waals surface area contributed by atoms with Crippen LogP contribution in [0.1, 0.15) is 13.3 Å². The molecule has 2 heterocycles.